The highest BCUT2D eigenvalue weighted by molar-refractivity contribution is 5.88. The van der Waals surface area contributed by atoms with Gasteiger partial charge in [0.15, 0.2) is 0 Å². The second-order valence-corrected chi connectivity index (χ2v) is 7.99. The van der Waals surface area contributed by atoms with Crippen LogP contribution in [0.25, 0.3) is 11.0 Å². The van der Waals surface area contributed by atoms with E-state index in [2.05, 4.69) is 25.6 Å². The number of likely N-dealkylation sites (N-methyl/N-ethyl adjacent to an activating group) is 1. The number of nitrogens with zero attached hydrogens (tertiary/aromatic N) is 3. The number of para-hydroxylation sites is 2. The Morgan fingerprint density at radius 2 is 2.03 bits per heavy atom. The molecule has 1 fully saturated rings. The van der Waals surface area contributed by atoms with E-state index < -0.39 is 5.41 Å². The molecule has 162 valence electrons. The number of aromatic amines is 1. The Balaban J connectivity index is 1.34. The topological polar surface area (TPSA) is 103 Å². The van der Waals surface area contributed by atoms with Crippen molar-refractivity contribution in [2.75, 3.05) is 33.2 Å². The molecule has 3 N–H and O–H groups in total. The number of nitrogens with one attached hydrogen (secondary N) is 3. The number of pyridine rings is 1. The van der Waals surface area contributed by atoms with Crippen molar-refractivity contribution >= 4 is 22.8 Å². The largest absolute Gasteiger partial charge is 0.358 e. The number of fused-ring (bicyclic) bond motifs is 1. The summed E-state index contributed by atoms with van der Waals surface area (Å²) >= 11 is 0. The van der Waals surface area contributed by atoms with Crippen LogP contribution in [0.1, 0.15) is 24.4 Å². The quantitative estimate of drug-likeness (QED) is 0.536. The van der Waals surface area contributed by atoms with Gasteiger partial charge in [0.05, 0.1) is 23.3 Å². The molecule has 1 aliphatic rings. The lowest BCUT2D eigenvalue weighted by Gasteiger charge is -2.40. The number of carbonyl (C=O) groups is 2. The van der Waals surface area contributed by atoms with Gasteiger partial charge in [-0.2, -0.15) is 0 Å². The number of rotatable bonds is 7. The van der Waals surface area contributed by atoms with E-state index >= 15 is 0 Å². The summed E-state index contributed by atoms with van der Waals surface area (Å²) in [4.78, 5) is 39.7. The average Bonchev–Trinajstić information content (AvgIpc) is 3.22. The van der Waals surface area contributed by atoms with E-state index in [0.29, 0.717) is 25.9 Å². The van der Waals surface area contributed by atoms with Crippen molar-refractivity contribution in [1.82, 2.24) is 30.5 Å². The molecule has 31 heavy (non-hydrogen) atoms. The van der Waals surface area contributed by atoms with Gasteiger partial charge >= 0.3 is 0 Å². The lowest BCUT2D eigenvalue weighted by Crippen LogP contribution is -2.56. The number of imidazole rings is 1. The number of hydrogen-bond donors (Lipinski definition) is 3. The Bertz CT molecular complexity index is 1020. The Morgan fingerprint density at radius 3 is 2.81 bits per heavy atom. The third-order valence-electron chi connectivity index (χ3n) is 5.88. The molecular formula is C23H28N6O2. The Kier molecular flexibility index (Phi) is 6.27. The number of amides is 2. The molecule has 0 spiro atoms. The molecule has 1 saturated heterocycles. The van der Waals surface area contributed by atoms with Crippen molar-refractivity contribution in [1.29, 1.82) is 0 Å². The van der Waals surface area contributed by atoms with Crippen LogP contribution in [0.2, 0.25) is 0 Å². The molecule has 1 atom stereocenters. The summed E-state index contributed by atoms with van der Waals surface area (Å²) in [5, 5.41) is 5.77. The van der Waals surface area contributed by atoms with Crippen molar-refractivity contribution < 1.29 is 9.59 Å². The standard InChI is InChI=1S/C23H28N6O2/c1-24-22(31)23(19-9-4-5-12-25-19)11-6-14-29(16-23)15-21(30)26-13-10-20-27-17-7-2-3-8-18(17)28-20/h2-5,7-9,12H,6,10-11,13-16H2,1H3,(H,24,31)(H,26,30)(H,27,28)/t23-/m0/s1. The van der Waals surface area contributed by atoms with Gasteiger partial charge in [-0.15, -0.1) is 0 Å². The van der Waals surface area contributed by atoms with Crippen LogP contribution in [0.5, 0.6) is 0 Å². The number of carbonyl (C=O) groups excluding carboxylic acids is 2. The second kappa shape index (κ2) is 9.26. The van der Waals surface area contributed by atoms with Gasteiger partial charge in [-0.25, -0.2) is 4.98 Å². The first kappa shape index (κ1) is 21.0. The number of benzene rings is 1. The van der Waals surface area contributed by atoms with E-state index in [1.807, 2.05) is 47.4 Å². The zero-order valence-corrected chi connectivity index (χ0v) is 17.7. The summed E-state index contributed by atoms with van der Waals surface area (Å²) in [7, 11) is 1.65. The maximum Gasteiger partial charge on any atom is 0.234 e. The maximum atomic E-state index is 12.8. The molecule has 0 saturated carbocycles. The van der Waals surface area contributed by atoms with Crippen molar-refractivity contribution in [3.8, 4) is 0 Å². The normalized spacial score (nSPS) is 19.3. The Morgan fingerprint density at radius 1 is 1.19 bits per heavy atom. The van der Waals surface area contributed by atoms with E-state index in [0.717, 1.165) is 35.5 Å². The molecule has 3 heterocycles. The second-order valence-electron chi connectivity index (χ2n) is 7.99. The number of hydrogen-bond acceptors (Lipinski definition) is 5. The average molecular weight is 421 g/mol. The minimum atomic E-state index is -0.733. The monoisotopic (exact) mass is 420 g/mol. The number of H-pyrrole nitrogens is 1. The lowest BCUT2D eigenvalue weighted by atomic mass is 9.75. The predicted molar refractivity (Wildman–Crippen MR) is 118 cm³/mol. The Hall–Kier alpha value is -3.26. The minimum absolute atomic E-state index is 0.0511. The molecule has 1 aliphatic heterocycles. The molecule has 0 radical (unpaired) electrons. The van der Waals surface area contributed by atoms with Crippen molar-refractivity contribution in [2.45, 2.75) is 24.7 Å². The zero-order valence-electron chi connectivity index (χ0n) is 17.7. The number of piperidine rings is 1. The molecular weight excluding hydrogens is 392 g/mol. The summed E-state index contributed by atoms with van der Waals surface area (Å²) < 4.78 is 0. The molecule has 4 rings (SSSR count). The van der Waals surface area contributed by atoms with Crippen LogP contribution in [0.15, 0.2) is 48.7 Å². The smallest absolute Gasteiger partial charge is 0.234 e. The highest BCUT2D eigenvalue weighted by Crippen LogP contribution is 2.33. The van der Waals surface area contributed by atoms with E-state index in [4.69, 9.17) is 0 Å². The SMILES string of the molecule is CNC(=O)[C@@]1(c2ccccn2)CCCN(CC(=O)NCCc2nc3ccccc3[nH]2)C1. The summed E-state index contributed by atoms with van der Waals surface area (Å²) in [6.45, 7) is 2.02. The van der Waals surface area contributed by atoms with Crippen LogP contribution in [-0.2, 0) is 21.4 Å². The van der Waals surface area contributed by atoms with Gasteiger partial charge in [0.1, 0.15) is 11.2 Å². The molecule has 0 aliphatic carbocycles. The van der Waals surface area contributed by atoms with Crippen LogP contribution in [0.4, 0.5) is 0 Å². The third-order valence-corrected chi connectivity index (χ3v) is 5.88. The summed E-state index contributed by atoms with van der Waals surface area (Å²) in [6.07, 6.45) is 3.89. The third kappa shape index (κ3) is 4.59. The highest BCUT2D eigenvalue weighted by Gasteiger charge is 2.44. The first-order chi connectivity index (χ1) is 15.1. The molecule has 2 amide bonds. The molecule has 0 unspecified atom stereocenters. The summed E-state index contributed by atoms with van der Waals surface area (Å²) in [5.41, 5.74) is 1.95. The first-order valence-electron chi connectivity index (χ1n) is 10.7. The van der Waals surface area contributed by atoms with Crippen LogP contribution in [0, 0.1) is 0 Å². The van der Waals surface area contributed by atoms with Crippen molar-refractivity contribution in [3.63, 3.8) is 0 Å². The first-order valence-corrected chi connectivity index (χ1v) is 10.7. The summed E-state index contributed by atoms with van der Waals surface area (Å²) in [6, 6.07) is 13.5. The fourth-order valence-corrected chi connectivity index (χ4v) is 4.38. The van der Waals surface area contributed by atoms with E-state index in [1.54, 1.807) is 13.2 Å². The fourth-order valence-electron chi connectivity index (χ4n) is 4.38. The van der Waals surface area contributed by atoms with Crippen LogP contribution in [-0.4, -0.2) is 64.9 Å². The van der Waals surface area contributed by atoms with Gasteiger partial charge in [0.25, 0.3) is 0 Å². The number of aromatic nitrogens is 3. The lowest BCUT2D eigenvalue weighted by molar-refractivity contribution is -0.130. The van der Waals surface area contributed by atoms with Crippen molar-refractivity contribution in [3.05, 3.63) is 60.2 Å². The predicted octanol–water partition coefficient (Wildman–Crippen LogP) is 1.40. The molecule has 3 aromatic rings. The van der Waals surface area contributed by atoms with Gasteiger partial charge in [-0.05, 0) is 43.7 Å². The Labute approximate surface area is 181 Å². The van der Waals surface area contributed by atoms with Gasteiger partial charge < -0.3 is 15.6 Å². The van der Waals surface area contributed by atoms with Gasteiger partial charge in [-0.1, -0.05) is 18.2 Å². The van der Waals surface area contributed by atoms with E-state index in [9.17, 15) is 9.59 Å². The van der Waals surface area contributed by atoms with Crippen LogP contribution in [0.3, 0.4) is 0 Å². The molecule has 0 bridgehead atoms. The van der Waals surface area contributed by atoms with Gasteiger partial charge in [0, 0.05) is 32.8 Å². The molecule has 2 aromatic heterocycles. The van der Waals surface area contributed by atoms with Crippen molar-refractivity contribution in [2.24, 2.45) is 0 Å². The van der Waals surface area contributed by atoms with Crippen LogP contribution < -0.4 is 10.6 Å². The van der Waals surface area contributed by atoms with Gasteiger partial charge in [0.2, 0.25) is 11.8 Å². The highest BCUT2D eigenvalue weighted by atomic mass is 16.2. The van der Waals surface area contributed by atoms with E-state index in [1.165, 1.54) is 0 Å². The fraction of sp³-hybridized carbons (Fsp3) is 0.391. The maximum absolute atomic E-state index is 12.8. The summed E-state index contributed by atoms with van der Waals surface area (Å²) in [5.74, 6) is 0.749. The minimum Gasteiger partial charge on any atom is -0.358 e. The van der Waals surface area contributed by atoms with E-state index in [-0.39, 0.29) is 18.4 Å². The molecule has 8 nitrogen and oxygen atoms in total. The molecule has 8 heteroatoms. The van der Waals surface area contributed by atoms with Crippen LogP contribution >= 0.6 is 0 Å². The number of likely N-dealkylation sites (tertiary alicyclic amines) is 1. The zero-order chi connectivity index (χ0) is 21.7. The molecule has 1 aromatic carbocycles. The van der Waals surface area contributed by atoms with Gasteiger partial charge in [-0.3, -0.25) is 19.5 Å².